The zero-order valence-corrected chi connectivity index (χ0v) is 8.92. The van der Waals surface area contributed by atoms with Crippen LogP contribution in [0.15, 0.2) is 0 Å². The van der Waals surface area contributed by atoms with Crippen molar-refractivity contribution < 1.29 is 44.8 Å². The fourth-order valence-corrected chi connectivity index (χ4v) is 1.04. The number of hydrogen-bond donors (Lipinski definition) is 1. The third kappa shape index (κ3) is 12.1. The van der Waals surface area contributed by atoms with Gasteiger partial charge < -0.3 is 4.89 Å². The zero-order valence-electron chi connectivity index (χ0n) is 7.21. The van der Waals surface area contributed by atoms with Crippen molar-refractivity contribution in [2.24, 2.45) is 0 Å². The minimum Gasteiger partial charge on any atom is -0.302 e. The highest BCUT2D eigenvalue weighted by atomic mass is 35.5. The Labute approximate surface area is 91.6 Å². The van der Waals surface area contributed by atoms with Crippen LogP contribution in [-0.2, 0) is 13.6 Å². The van der Waals surface area contributed by atoms with E-state index in [4.69, 9.17) is 4.89 Å². The topological polar surface area (TPSA) is 55.8 Å². The predicted octanol–water partition coefficient (Wildman–Crippen LogP) is 2.67. The lowest BCUT2D eigenvalue weighted by molar-refractivity contribution is -0.169. The average molecular weight is 299 g/mol. The molecular formula is C4H6ClF6O4P. The van der Waals surface area contributed by atoms with Crippen molar-refractivity contribution in [1.82, 2.24) is 0 Å². The minimum absolute atomic E-state index is 0. The Hall–Kier alpha value is -0.0200. The normalized spacial score (nSPS) is 13.4. The number of phosphoric acid groups is 1. The first-order valence-electron chi connectivity index (χ1n) is 3.17. The monoisotopic (exact) mass is 298 g/mol. The predicted molar refractivity (Wildman–Crippen MR) is 41.1 cm³/mol. The molecule has 0 heterocycles. The highest BCUT2D eigenvalue weighted by Gasteiger charge is 2.37. The Morgan fingerprint density at radius 2 is 1.19 bits per heavy atom. The largest absolute Gasteiger partial charge is 0.472 e. The summed E-state index contributed by atoms with van der Waals surface area (Å²) in [7, 11) is -5.33. The molecular weight excluding hydrogens is 292 g/mol. The molecule has 0 saturated heterocycles. The van der Waals surface area contributed by atoms with Gasteiger partial charge in [0, 0.05) is 0 Å². The summed E-state index contributed by atoms with van der Waals surface area (Å²) in [6.45, 7) is -4.34. The van der Waals surface area contributed by atoms with Crippen molar-refractivity contribution in [3.05, 3.63) is 0 Å². The van der Waals surface area contributed by atoms with Gasteiger partial charge in [0.25, 0.3) is 0 Å². The highest BCUT2D eigenvalue weighted by molar-refractivity contribution is 7.47. The maximum absolute atomic E-state index is 11.4. The Morgan fingerprint density at radius 1 is 0.938 bits per heavy atom. The summed E-state index contributed by atoms with van der Waals surface area (Å²) in [5.74, 6) is 0. The van der Waals surface area contributed by atoms with E-state index in [1.165, 1.54) is 0 Å². The number of alkyl halides is 6. The molecule has 1 N–H and O–H groups in total. The van der Waals surface area contributed by atoms with E-state index in [1.54, 1.807) is 0 Å². The van der Waals surface area contributed by atoms with Crippen LogP contribution in [0.2, 0.25) is 0 Å². The van der Waals surface area contributed by atoms with Gasteiger partial charge in [0.1, 0.15) is 0 Å². The molecule has 0 spiro atoms. The Balaban J connectivity index is 0. The van der Waals surface area contributed by atoms with E-state index in [2.05, 4.69) is 9.05 Å². The molecule has 16 heavy (non-hydrogen) atoms. The van der Waals surface area contributed by atoms with Crippen LogP contribution >= 0.6 is 20.2 Å². The second-order valence-electron chi connectivity index (χ2n) is 2.25. The van der Waals surface area contributed by atoms with E-state index in [0.717, 1.165) is 0 Å². The average Bonchev–Trinajstić information content (AvgIpc) is 1.96. The molecule has 0 aromatic rings. The van der Waals surface area contributed by atoms with Gasteiger partial charge in [-0.2, -0.15) is 26.3 Å². The molecule has 0 atom stereocenters. The molecule has 0 aliphatic heterocycles. The highest BCUT2D eigenvalue weighted by Crippen LogP contribution is 2.45. The summed E-state index contributed by atoms with van der Waals surface area (Å²) in [6.07, 6.45) is -9.86. The van der Waals surface area contributed by atoms with Gasteiger partial charge in [0.15, 0.2) is 13.2 Å². The fourth-order valence-electron chi connectivity index (χ4n) is 0.347. The molecule has 0 fully saturated rings. The van der Waals surface area contributed by atoms with Crippen LogP contribution in [0.3, 0.4) is 0 Å². The van der Waals surface area contributed by atoms with Gasteiger partial charge in [-0.05, 0) is 0 Å². The SMILES string of the molecule is Cl.O=P(O)(OCC(F)(F)F)OCC(F)(F)F. The summed E-state index contributed by atoms with van der Waals surface area (Å²) in [4.78, 5) is 8.35. The number of halogens is 7. The van der Waals surface area contributed by atoms with Crippen molar-refractivity contribution in [3.8, 4) is 0 Å². The number of phosphoric ester groups is 1. The molecule has 12 heteroatoms. The van der Waals surface area contributed by atoms with E-state index in [9.17, 15) is 30.9 Å². The van der Waals surface area contributed by atoms with Crippen molar-refractivity contribution >= 4 is 20.2 Å². The lowest BCUT2D eigenvalue weighted by Crippen LogP contribution is -2.19. The van der Waals surface area contributed by atoms with E-state index in [-0.39, 0.29) is 12.4 Å². The van der Waals surface area contributed by atoms with Crippen LogP contribution in [0.1, 0.15) is 0 Å². The van der Waals surface area contributed by atoms with Crippen LogP contribution in [-0.4, -0.2) is 30.5 Å². The summed E-state index contributed by atoms with van der Waals surface area (Å²) < 4.78 is 85.5. The van der Waals surface area contributed by atoms with Gasteiger partial charge >= 0.3 is 20.2 Å². The molecule has 4 nitrogen and oxygen atoms in total. The molecule has 0 aromatic heterocycles. The molecule has 0 rings (SSSR count). The maximum Gasteiger partial charge on any atom is 0.472 e. The molecule has 0 aliphatic rings. The van der Waals surface area contributed by atoms with Crippen molar-refractivity contribution in [1.29, 1.82) is 0 Å². The molecule has 0 amide bonds. The standard InChI is InChI=1S/C4H5F6O4P.ClH/c5-3(6,7)1-13-15(11,12)14-2-4(8,9)10;/h1-2H2,(H,11,12);1H. The summed E-state index contributed by atoms with van der Waals surface area (Å²) in [5.41, 5.74) is 0. The third-order valence-corrected chi connectivity index (χ3v) is 1.69. The lowest BCUT2D eigenvalue weighted by atomic mass is 10.7. The number of hydrogen-bond acceptors (Lipinski definition) is 3. The quantitative estimate of drug-likeness (QED) is 0.640. The van der Waals surface area contributed by atoms with Gasteiger partial charge in [-0.1, -0.05) is 0 Å². The fraction of sp³-hybridized carbons (Fsp3) is 1.00. The summed E-state index contributed by atoms with van der Waals surface area (Å²) >= 11 is 0. The molecule has 0 aliphatic carbocycles. The Bertz CT molecular complexity index is 230. The first-order valence-corrected chi connectivity index (χ1v) is 4.66. The van der Waals surface area contributed by atoms with Gasteiger partial charge in [-0.3, -0.25) is 9.05 Å². The molecule has 0 aromatic carbocycles. The lowest BCUT2D eigenvalue weighted by Gasteiger charge is -2.14. The molecule has 100 valence electrons. The van der Waals surface area contributed by atoms with Crippen LogP contribution < -0.4 is 0 Å². The van der Waals surface area contributed by atoms with Crippen LogP contribution in [0.25, 0.3) is 0 Å². The van der Waals surface area contributed by atoms with Crippen molar-refractivity contribution in [2.75, 3.05) is 13.2 Å². The number of rotatable bonds is 4. The zero-order chi connectivity index (χ0) is 12.3. The van der Waals surface area contributed by atoms with Crippen molar-refractivity contribution in [3.63, 3.8) is 0 Å². The van der Waals surface area contributed by atoms with Crippen molar-refractivity contribution in [2.45, 2.75) is 12.4 Å². The summed E-state index contributed by atoms with van der Waals surface area (Å²) in [5, 5.41) is 0. The van der Waals surface area contributed by atoms with Crippen LogP contribution in [0.4, 0.5) is 26.3 Å². The Morgan fingerprint density at radius 3 is 1.38 bits per heavy atom. The molecule has 0 bridgehead atoms. The van der Waals surface area contributed by atoms with Gasteiger partial charge in [-0.25, -0.2) is 4.57 Å². The van der Waals surface area contributed by atoms with Gasteiger partial charge in [-0.15, -0.1) is 12.4 Å². The van der Waals surface area contributed by atoms with E-state index in [1.807, 2.05) is 0 Å². The van der Waals surface area contributed by atoms with Gasteiger partial charge in [0.05, 0.1) is 0 Å². The van der Waals surface area contributed by atoms with E-state index < -0.39 is 33.4 Å². The second-order valence-corrected chi connectivity index (χ2v) is 3.70. The maximum atomic E-state index is 11.4. The first-order chi connectivity index (χ1) is 6.41. The van der Waals surface area contributed by atoms with Crippen LogP contribution in [0, 0.1) is 0 Å². The first kappa shape index (κ1) is 18.3. The second kappa shape index (κ2) is 6.06. The Kier molecular flexibility index (Phi) is 6.95. The van der Waals surface area contributed by atoms with E-state index in [0.29, 0.717) is 0 Å². The molecule has 0 radical (unpaired) electrons. The summed E-state index contributed by atoms with van der Waals surface area (Å²) in [6, 6.07) is 0. The van der Waals surface area contributed by atoms with Crippen LogP contribution in [0.5, 0.6) is 0 Å². The third-order valence-electron chi connectivity index (χ3n) is 0.783. The molecule has 0 unspecified atom stereocenters. The van der Waals surface area contributed by atoms with E-state index >= 15 is 0 Å². The smallest absolute Gasteiger partial charge is 0.302 e. The van der Waals surface area contributed by atoms with Gasteiger partial charge in [0.2, 0.25) is 0 Å². The molecule has 0 saturated carbocycles. The minimum atomic E-state index is -5.33.